The van der Waals surface area contributed by atoms with Crippen LogP contribution in [0.15, 0.2) is 0 Å². The molecular formula is C15H27BrO4. The van der Waals surface area contributed by atoms with Crippen LogP contribution in [0.2, 0.25) is 0 Å². The summed E-state index contributed by atoms with van der Waals surface area (Å²) in [6.45, 7) is 4.30. The van der Waals surface area contributed by atoms with Crippen LogP contribution in [0.3, 0.4) is 0 Å². The van der Waals surface area contributed by atoms with E-state index >= 15 is 0 Å². The number of hydrogen-bond donors (Lipinski definition) is 0. The van der Waals surface area contributed by atoms with E-state index in [2.05, 4.69) is 15.9 Å². The van der Waals surface area contributed by atoms with Crippen molar-refractivity contribution in [3.8, 4) is 0 Å². The molecule has 0 bridgehead atoms. The number of hydrogen-bond acceptors (Lipinski definition) is 4. The highest BCUT2D eigenvalue weighted by atomic mass is 79.9. The third-order valence-corrected chi connectivity index (χ3v) is 5.48. The molecule has 2 aliphatic rings. The van der Waals surface area contributed by atoms with Gasteiger partial charge in [-0.3, -0.25) is 0 Å². The molecular weight excluding hydrogens is 324 g/mol. The average molecular weight is 351 g/mol. The predicted octanol–water partition coefficient (Wildman–Crippen LogP) is 2.64. The van der Waals surface area contributed by atoms with Gasteiger partial charge >= 0.3 is 0 Å². The van der Waals surface area contributed by atoms with Gasteiger partial charge in [0.15, 0.2) is 0 Å². The first kappa shape index (κ1) is 16.7. The summed E-state index contributed by atoms with van der Waals surface area (Å²) in [5.41, 5.74) is 0.290. The van der Waals surface area contributed by atoms with Crippen molar-refractivity contribution in [2.45, 2.75) is 31.8 Å². The van der Waals surface area contributed by atoms with Gasteiger partial charge in [0.2, 0.25) is 0 Å². The molecule has 2 fully saturated rings. The van der Waals surface area contributed by atoms with Gasteiger partial charge < -0.3 is 18.9 Å². The number of halogens is 1. The lowest BCUT2D eigenvalue weighted by Crippen LogP contribution is -2.35. The lowest BCUT2D eigenvalue weighted by Gasteiger charge is -2.32. The van der Waals surface area contributed by atoms with Gasteiger partial charge in [-0.2, -0.15) is 0 Å². The first-order chi connectivity index (χ1) is 9.82. The van der Waals surface area contributed by atoms with Gasteiger partial charge in [0.1, 0.15) is 0 Å². The predicted molar refractivity (Wildman–Crippen MR) is 81.4 cm³/mol. The largest absolute Gasteiger partial charge is 0.382 e. The Bertz CT molecular complexity index is 273. The third kappa shape index (κ3) is 4.67. The fourth-order valence-electron chi connectivity index (χ4n) is 2.96. The Kier molecular flexibility index (Phi) is 7.25. The fourth-order valence-corrected chi connectivity index (χ4v) is 3.84. The van der Waals surface area contributed by atoms with E-state index in [4.69, 9.17) is 18.9 Å². The average Bonchev–Trinajstić information content (AvgIpc) is 3.23. The maximum absolute atomic E-state index is 5.98. The summed E-state index contributed by atoms with van der Waals surface area (Å²) >= 11 is 3.71. The van der Waals surface area contributed by atoms with Crippen LogP contribution in [-0.4, -0.2) is 58.2 Å². The topological polar surface area (TPSA) is 36.9 Å². The molecule has 1 aliphatic carbocycles. The van der Waals surface area contributed by atoms with Crippen LogP contribution >= 0.6 is 15.9 Å². The lowest BCUT2D eigenvalue weighted by molar-refractivity contribution is 0.000452. The van der Waals surface area contributed by atoms with Crippen molar-refractivity contribution in [3.63, 3.8) is 0 Å². The molecule has 0 aromatic heterocycles. The van der Waals surface area contributed by atoms with Crippen LogP contribution in [0, 0.1) is 11.3 Å². The van der Waals surface area contributed by atoms with E-state index in [9.17, 15) is 0 Å². The van der Waals surface area contributed by atoms with E-state index in [1.54, 1.807) is 7.11 Å². The molecule has 5 heteroatoms. The summed E-state index contributed by atoms with van der Waals surface area (Å²) in [7, 11) is 1.68. The summed E-state index contributed by atoms with van der Waals surface area (Å²) in [6.07, 6.45) is 5.37. The molecule has 118 valence electrons. The second kappa shape index (κ2) is 8.69. The smallest absolute Gasteiger partial charge is 0.0701 e. The molecule has 0 amide bonds. The Labute approximate surface area is 130 Å². The molecule has 0 spiro atoms. The van der Waals surface area contributed by atoms with E-state index in [0.717, 1.165) is 37.3 Å². The quantitative estimate of drug-likeness (QED) is 0.424. The zero-order chi connectivity index (χ0) is 14.3. The molecule has 0 radical (unpaired) electrons. The SMILES string of the molecule is COCCOCCOCCC1(CBr)CCOC1C1CC1. The zero-order valence-corrected chi connectivity index (χ0v) is 14.0. The maximum Gasteiger partial charge on any atom is 0.0701 e. The molecule has 4 nitrogen and oxygen atoms in total. The summed E-state index contributed by atoms with van der Waals surface area (Å²) < 4.78 is 22.0. The van der Waals surface area contributed by atoms with E-state index in [0.29, 0.717) is 32.5 Å². The number of alkyl halides is 1. The minimum Gasteiger partial charge on any atom is -0.382 e. The van der Waals surface area contributed by atoms with E-state index in [-0.39, 0.29) is 5.41 Å². The Morgan fingerprint density at radius 1 is 1.10 bits per heavy atom. The van der Waals surface area contributed by atoms with Gasteiger partial charge in [-0.1, -0.05) is 15.9 Å². The van der Waals surface area contributed by atoms with Gasteiger partial charge in [0.25, 0.3) is 0 Å². The van der Waals surface area contributed by atoms with Crippen LogP contribution in [0.5, 0.6) is 0 Å². The third-order valence-electron chi connectivity index (χ3n) is 4.37. The van der Waals surface area contributed by atoms with Crippen molar-refractivity contribution in [3.05, 3.63) is 0 Å². The first-order valence-corrected chi connectivity index (χ1v) is 8.76. The molecule has 1 heterocycles. The van der Waals surface area contributed by atoms with Crippen LogP contribution in [0.25, 0.3) is 0 Å². The molecule has 0 aromatic carbocycles. The molecule has 1 saturated carbocycles. The summed E-state index contributed by atoms with van der Waals surface area (Å²) in [4.78, 5) is 0. The van der Waals surface area contributed by atoms with E-state index in [1.165, 1.54) is 12.8 Å². The second-order valence-corrected chi connectivity index (χ2v) is 6.40. The van der Waals surface area contributed by atoms with Gasteiger partial charge in [-0.05, 0) is 31.6 Å². The Hall–Kier alpha value is 0.320. The molecule has 2 unspecified atom stereocenters. The second-order valence-electron chi connectivity index (χ2n) is 5.84. The monoisotopic (exact) mass is 350 g/mol. The highest BCUT2D eigenvalue weighted by molar-refractivity contribution is 9.09. The van der Waals surface area contributed by atoms with Gasteiger partial charge in [-0.15, -0.1) is 0 Å². The minimum atomic E-state index is 0.290. The van der Waals surface area contributed by atoms with Crippen molar-refractivity contribution < 1.29 is 18.9 Å². The summed E-state index contributed by atoms with van der Waals surface area (Å²) in [6, 6.07) is 0. The molecule has 1 saturated heterocycles. The first-order valence-electron chi connectivity index (χ1n) is 7.64. The van der Waals surface area contributed by atoms with Crippen molar-refractivity contribution in [1.29, 1.82) is 0 Å². The zero-order valence-electron chi connectivity index (χ0n) is 12.4. The molecule has 2 rings (SSSR count). The molecule has 2 atom stereocenters. The van der Waals surface area contributed by atoms with Crippen molar-refractivity contribution in [2.75, 3.05) is 52.1 Å². The van der Waals surface area contributed by atoms with Crippen LogP contribution in [0.1, 0.15) is 25.7 Å². The van der Waals surface area contributed by atoms with Gasteiger partial charge in [-0.25, -0.2) is 0 Å². The number of ether oxygens (including phenoxy) is 4. The lowest BCUT2D eigenvalue weighted by atomic mass is 9.78. The van der Waals surface area contributed by atoms with Crippen LogP contribution in [-0.2, 0) is 18.9 Å². The molecule has 0 N–H and O–H groups in total. The van der Waals surface area contributed by atoms with Crippen molar-refractivity contribution in [2.24, 2.45) is 11.3 Å². The van der Waals surface area contributed by atoms with Crippen LogP contribution < -0.4 is 0 Å². The fraction of sp³-hybridized carbons (Fsp3) is 1.00. The van der Waals surface area contributed by atoms with E-state index in [1.807, 2.05) is 0 Å². The maximum atomic E-state index is 5.98. The minimum absolute atomic E-state index is 0.290. The van der Waals surface area contributed by atoms with Crippen molar-refractivity contribution in [1.82, 2.24) is 0 Å². The van der Waals surface area contributed by atoms with Gasteiger partial charge in [0, 0.05) is 31.1 Å². The summed E-state index contributed by atoms with van der Waals surface area (Å²) in [5, 5.41) is 1.02. The normalized spacial score (nSPS) is 30.0. The highest BCUT2D eigenvalue weighted by Gasteiger charge is 2.49. The van der Waals surface area contributed by atoms with Crippen molar-refractivity contribution >= 4 is 15.9 Å². The number of rotatable bonds is 11. The van der Waals surface area contributed by atoms with E-state index < -0.39 is 0 Å². The van der Waals surface area contributed by atoms with Crippen LogP contribution in [0.4, 0.5) is 0 Å². The standard InChI is InChI=1S/C15H27BrO4/c1-17-8-9-19-11-10-18-6-4-15(12-16)5-7-20-14(15)13-2-3-13/h13-14H,2-12H2,1H3. The molecule has 0 aromatic rings. The Morgan fingerprint density at radius 2 is 1.80 bits per heavy atom. The highest BCUT2D eigenvalue weighted by Crippen LogP contribution is 2.50. The molecule has 1 aliphatic heterocycles. The molecule has 20 heavy (non-hydrogen) atoms. The Balaban J connectivity index is 1.59. The summed E-state index contributed by atoms with van der Waals surface area (Å²) in [5.74, 6) is 0.799. The Morgan fingerprint density at radius 3 is 2.45 bits per heavy atom. The number of methoxy groups -OCH3 is 1. The van der Waals surface area contributed by atoms with Gasteiger partial charge in [0.05, 0.1) is 32.5 Å².